The third-order valence-electron chi connectivity index (χ3n) is 4.38. The normalized spacial score (nSPS) is 12.1. The summed E-state index contributed by atoms with van der Waals surface area (Å²) < 4.78 is 17.8. The molecule has 1 aromatic carbocycles. The minimum atomic E-state index is -0.561. The summed E-state index contributed by atoms with van der Waals surface area (Å²) in [6.45, 7) is 5.73. The number of aryl methyl sites for hydroxylation is 1. The fourth-order valence-electron chi connectivity index (χ4n) is 2.94. The van der Waals surface area contributed by atoms with Gasteiger partial charge >= 0.3 is 6.09 Å². The number of alkyl carbamates (subject to hydrolysis) is 1. The van der Waals surface area contributed by atoms with Crippen LogP contribution in [0.1, 0.15) is 51.0 Å². The Kier molecular flexibility index (Phi) is 8.30. The van der Waals surface area contributed by atoms with Crippen molar-refractivity contribution in [2.45, 2.75) is 45.3 Å². The van der Waals surface area contributed by atoms with Crippen molar-refractivity contribution in [2.75, 3.05) is 20.8 Å². The number of carbonyl (C=O) groups is 2. The van der Waals surface area contributed by atoms with Crippen LogP contribution < -0.4 is 20.1 Å². The van der Waals surface area contributed by atoms with Crippen molar-refractivity contribution in [3.63, 3.8) is 0 Å². The van der Waals surface area contributed by atoms with E-state index in [0.29, 0.717) is 30.3 Å². The standard InChI is InChI=1S/C22H32N4O5/c1-22(2,3)31-21(28)24-9-7-8-18(27)25-19(20-23-10-11-26(20)4)15-12-16(29-5)14-17(13-15)30-6/h10-14,19H,7-9H2,1-6H3,(H,24,28)(H,25,27). The summed E-state index contributed by atoms with van der Waals surface area (Å²) in [6.07, 6.45) is 3.70. The summed E-state index contributed by atoms with van der Waals surface area (Å²) in [6, 6.07) is 4.96. The quantitative estimate of drug-likeness (QED) is 0.591. The Morgan fingerprint density at radius 3 is 2.29 bits per heavy atom. The summed E-state index contributed by atoms with van der Waals surface area (Å²) in [7, 11) is 5.01. The van der Waals surface area contributed by atoms with Gasteiger partial charge in [-0.05, 0) is 44.9 Å². The Morgan fingerprint density at radius 2 is 1.77 bits per heavy atom. The largest absolute Gasteiger partial charge is 0.497 e. The lowest BCUT2D eigenvalue weighted by Gasteiger charge is -2.21. The maximum Gasteiger partial charge on any atom is 0.407 e. The molecule has 0 radical (unpaired) electrons. The molecule has 0 aliphatic heterocycles. The number of nitrogens with one attached hydrogen (secondary N) is 2. The molecule has 0 spiro atoms. The molecule has 0 bridgehead atoms. The van der Waals surface area contributed by atoms with Crippen molar-refractivity contribution in [1.29, 1.82) is 0 Å². The highest BCUT2D eigenvalue weighted by molar-refractivity contribution is 5.77. The molecule has 0 aliphatic rings. The van der Waals surface area contributed by atoms with Crippen molar-refractivity contribution in [1.82, 2.24) is 20.2 Å². The highest BCUT2D eigenvalue weighted by Crippen LogP contribution is 2.29. The van der Waals surface area contributed by atoms with E-state index in [4.69, 9.17) is 14.2 Å². The molecule has 170 valence electrons. The van der Waals surface area contributed by atoms with Crippen LogP contribution in [0.15, 0.2) is 30.6 Å². The first kappa shape index (κ1) is 24.0. The molecule has 2 rings (SSSR count). The zero-order chi connectivity index (χ0) is 23.0. The number of nitrogens with zero attached hydrogens (tertiary/aromatic N) is 2. The number of hydrogen-bond donors (Lipinski definition) is 2. The molecule has 1 aromatic heterocycles. The third-order valence-corrected chi connectivity index (χ3v) is 4.38. The number of ether oxygens (including phenoxy) is 3. The fraction of sp³-hybridized carbons (Fsp3) is 0.500. The van der Waals surface area contributed by atoms with Gasteiger partial charge in [-0.25, -0.2) is 9.78 Å². The van der Waals surface area contributed by atoms with E-state index in [2.05, 4.69) is 15.6 Å². The zero-order valence-electron chi connectivity index (χ0n) is 19.0. The van der Waals surface area contributed by atoms with Gasteiger partial charge in [-0.3, -0.25) is 4.79 Å². The van der Waals surface area contributed by atoms with Gasteiger partial charge in [0, 0.05) is 38.5 Å². The zero-order valence-corrected chi connectivity index (χ0v) is 19.0. The average Bonchev–Trinajstić information content (AvgIpc) is 3.13. The Labute approximate surface area is 183 Å². The van der Waals surface area contributed by atoms with Gasteiger partial charge in [0.15, 0.2) is 0 Å². The van der Waals surface area contributed by atoms with Crippen molar-refractivity contribution < 1.29 is 23.8 Å². The van der Waals surface area contributed by atoms with Crippen LogP contribution in [0, 0.1) is 0 Å². The highest BCUT2D eigenvalue weighted by Gasteiger charge is 2.22. The van der Waals surface area contributed by atoms with E-state index in [1.165, 1.54) is 0 Å². The van der Waals surface area contributed by atoms with Crippen molar-refractivity contribution >= 4 is 12.0 Å². The molecule has 31 heavy (non-hydrogen) atoms. The Bertz CT molecular complexity index is 866. The molecule has 9 nitrogen and oxygen atoms in total. The molecular formula is C22H32N4O5. The maximum atomic E-state index is 12.7. The molecule has 2 N–H and O–H groups in total. The van der Waals surface area contributed by atoms with E-state index in [9.17, 15) is 9.59 Å². The molecular weight excluding hydrogens is 400 g/mol. The topological polar surface area (TPSA) is 104 Å². The number of methoxy groups -OCH3 is 2. The van der Waals surface area contributed by atoms with Crippen LogP contribution >= 0.6 is 0 Å². The van der Waals surface area contributed by atoms with Gasteiger partial charge in [-0.1, -0.05) is 0 Å². The second kappa shape index (κ2) is 10.7. The van der Waals surface area contributed by atoms with Gasteiger partial charge in [-0.15, -0.1) is 0 Å². The number of aromatic nitrogens is 2. The number of carbonyl (C=O) groups excluding carboxylic acids is 2. The van der Waals surface area contributed by atoms with Gasteiger partial charge in [0.2, 0.25) is 5.91 Å². The minimum Gasteiger partial charge on any atom is -0.497 e. The second-order valence-electron chi connectivity index (χ2n) is 8.08. The first-order valence-electron chi connectivity index (χ1n) is 10.1. The molecule has 2 amide bonds. The van der Waals surface area contributed by atoms with Crippen LogP contribution in [0.5, 0.6) is 11.5 Å². The first-order chi connectivity index (χ1) is 14.6. The highest BCUT2D eigenvalue weighted by atomic mass is 16.6. The molecule has 0 aliphatic carbocycles. The van der Waals surface area contributed by atoms with Crippen LogP contribution in [0.4, 0.5) is 4.79 Å². The molecule has 0 saturated heterocycles. The minimum absolute atomic E-state index is 0.166. The van der Waals surface area contributed by atoms with Crippen molar-refractivity contribution in [3.05, 3.63) is 42.0 Å². The van der Waals surface area contributed by atoms with Gasteiger partial charge in [0.1, 0.15) is 29.0 Å². The summed E-state index contributed by atoms with van der Waals surface area (Å²) in [4.78, 5) is 28.8. The van der Waals surface area contributed by atoms with Gasteiger partial charge < -0.3 is 29.4 Å². The van der Waals surface area contributed by atoms with Gasteiger partial charge in [0.05, 0.1) is 14.2 Å². The van der Waals surface area contributed by atoms with E-state index < -0.39 is 17.7 Å². The summed E-state index contributed by atoms with van der Waals surface area (Å²) in [5.74, 6) is 1.74. The van der Waals surface area contributed by atoms with Crippen LogP contribution in [-0.4, -0.2) is 47.9 Å². The molecule has 9 heteroatoms. The monoisotopic (exact) mass is 432 g/mol. The second-order valence-corrected chi connectivity index (χ2v) is 8.08. The van der Waals surface area contributed by atoms with Crippen LogP contribution in [0.25, 0.3) is 0 Å². The summed E-state index contributed by atoms with van der Waals surface area (Å²) in [5, 5.41) is 5.68. The lowest BCUT2D eigenvalue weighted by molar-refractivity contribution is -0.121. The number of benzene rings is 1. The first-order valence-corrected chi connectivity index (χ1v) is 10.1. The Hall–Kier alpha value is -3.23. The van der Waals surface area contributed by atoms with Crippen molar-refractivity contribution in [3.8, 4) is 11.5 Å². The van der Waals surface area contributed by atoms with E-state index >= 15 is 0 Å². The Balaban J connectivity index is 2.05. The SMILES string of the molecule is COc1cc(OC)cc(C(NC(=O)CCCNC(=O)OC(C)(C)C)c2nccn2C)c1. The third kappa shape index (κ3) is 7.51. The van der Waals surface area contributed by atoms with E-state index in [1.807, 2.05) is 29.9 Å². The van der Waals surface area contributed by atoms with Crippen molar-refractivity contribution in [2.24, 2.45) is 7.05 Å². The average molecular weight is 433 g/mol. The summed E-state index contributed by atoms with van der Waals surface area (Å²) in [5.41, 5.74) is 0.222. The number of hydrogen-bond acceptors (Lipinski definition) is 6. The number of amides is 2. The lowest BCUT2D eigenvalue weighted by Crippen LogP contribution is -2.34. The Morgan fingerprint density at radius 1 is 1.13 bits per heavy atom. The van der Waals surface area contributed by atoms with Crippen LogP contribution in [0.3, 0.4) is 0 Å². The molecule has 2 aromatic rings. The number of imidazole rings is 1. The number of rotatable bonds is 9. The predicted molar refractivity (Wildman–Crippen MR) is 116 cm³/mol. The maximum absolute atomic E-state index is 12.7. The van der Waals surface area contributed by atoms with E-state index in [0.717, 1.165) is 5.56 Å². The fourth-order valence-corrected chi connectivity index (χ4v) is 2.94. The molecule has 1 heterocycles. The molecule has 0 fully saturated rings. The van der Waals surface area contributed by atoms with Gasteiger partial charge in [0.25, 0.3) is 0 Å². The van der Waals surface area contributed by atoms with Gasteiger partial charge in [-0.2, -0.15) is 0 Å². The molecule has 1 unspecified atom stereocenters. The van der Waals surface area contributed by atoms with Crippen LogP contribution in [-0.2, 0) is 16.6 Å². The molecule has 0 saturated carbocycles. The predicted octanol–water partition coefficient (Wildman–Crippen LogP) is 2.95. The van der Waals surface area contributed by atoms with Crippen LogP contribution in [0.2, 0.25) is 0 Å². The summed E-state index contributed by atoms with van der Waals surface area (Å²) >= 11 is 0. The van der Waals surface area contributed by atoms with E-state index in [1.54, 1.807) is 47.3 Å². The smallest absolute Gasteiger partial charge is 0.407 e. The van der Waals surface area contributed by atoms with E-state index in [-0.39, 0.29) is 12.3 Å². The lowest BCUT2D eigenvalue weighted by atomic mass is 10.0. The molecule has 1 atom stereocenters.